The summed E-state index contributed by atoms with van der Waals surface area (Å²) in [5.74, 6) is 2.25. The van der Waals surface area contributed by atoms with E-state index in [9.17, 15) is 0 Å². The van der Waals surface area contributed by atoms with Crippen molar-refractivity contribution in [3.8, 4) is 0 Å². The molecular weight excluding hydrogens is 250 g/mol. The van der Waals surface area contributed by atoms with Crippen LogP contribution in [0, 0.1) is 12.8 Å². The zero-order valence-corrected chi connectivity index (χ0v) is 11.7. The van der Waals surface area contributed by atoms with Crippen LogP contribution in [0.25, 0.3) is 10.9 Å². The second-order valence-corrected chi connectivity index (χ2v) is 5.69. The van der Waals surface area contributed by atoms with E-state index in [0.29, 0.717) is 11.8 Å². The molecule has 1 aromatic carbocycles. The molecule has 0 spiro atoms. The van der Waals surface area contributed by atoms with Gasteiger partial charge in [-0.3, -0.25) is 0 Å². The Morgan fingerprint density at radius 2 is 2.12 bits per heavy atom. The summed E-state index contributed by atoms with van der Waals surface area (Å²) < 4.78 is 0. The molecule has 1 unspecified atom stereocenters. The minimum atomic E-state index is 0.523. The highest BCUT2D eigenvalue weighted by Gasteiger charge is 2.06. The summed E-state index contributed by atoms with van der Waals surface area (Å²) in [4.78, 5) is 4.70. The van der Waals surface area contributed by atoms with Gasteiger partial charge in [-0.25, -0.2) is 4.98 Å². The van der Waals surface area contributed by atoms with E-state index in [1.807, 2.05) is 12.1 Å². The van der Waals surface area contributed by atoms with Gasteiger partial charge in [-0.05, 0) is 30.5 Å². The molecule has 1 heterocycles. The molecule has 3 heteroatoms. The predicted molar refractivity (Wildman–Crippen MR) is 77.1 cm³/mol. The lowest BCUT2D eigenvalue weighted by atomic mass is 10.2. The standard InChI is InChI=1S/C14H16ClNS/c1-10(8-15)9-17-14-11(2)7-12-5-3-4-6-13(12)16-14/h3-7,10H,8-9H2,1-2H3. The van der Waals surface area contributed by atoms with Crippen molar-refractivity contribution in [3.05, 3.63) is 35.9 Å². The van der Waals surface area contributed by atoms with Crippen LogP contribution in [-0.4, -0.2) is 16.6 Å². The number of para-hydroxylation sites is 1. The van der Waals surface area contributed by atoms with E-state index in [2.05, 4.69) is 32.0 Å². The average molecular weight is 266 g/mol. The monoisotopic (exact) mass is 265 g/mol. The van der Waals surface area contributed by atoms with Gasteiger partial charge in [0, 0.05) is 17.0 Å². The Kier molecular flexibility index (Phi) is 4.30. The second-order valence-electron chi connectivity index (χ2n) is 4.37. The van der Waals surface area contributed by atoms with Crippen molar-refractivity contribution in [3.63, 3.8) is 0 Å². The Labute approximate surface area is 112 Å². The Balaban J connectivity index is 2.25. The molecule has 0 fully saturated rings. The molecule has 17 heavy (non-hydrogen) atoms. The molecule has 1 atom stereocenters. The van der Waals surface area contributed by atoms with Gasteiger partial charge in [0.15, 0.2) is 0 Å². The zero-order valence-electron chi connectivity index (χ0n) is 10.1. The Bertz CT molecular complexity index is 513. The summed E-state index contributed by atoms with van der Waals surface area (Å²) in [7, 11) is 0. The van der Waals surface area contributed by atoms with Crippen molar-refractivity contribution in [2.45, 2.75) is 18.9 Å². The lowest BCUT2D eigenvalue weighted by Gasteiger charge is -2.09. The van der Waals surface area contributed by atoms with Crippen molar-refractivity contribution < 1.29 is 0 Å². The van der Waals surface area contributed by atoms with Gasteiger partial charge in [0.2, 0.25) is 0 Å². The average Bonchev–Trinajstić information content (AvgIpc) is 2.35. The first-order valence-electron chi connectivity index (χ1n) is 5.76. The summed E-state index contributed by atoms with van der Waals surface area (Å²) in [5, 5.41) is 2.33. The van der Waals surface area contributed by atoms with E-state index >= 15 is 0 Å². The molecule has 1 aromatic heterocycles. The van der Waals surface area contributed by atoms with Crippen LogP contribution in [0.1, 0.15) is 12.5 Å². The van der Waals surface area contributed by atoms with Crippen LogP contribution in [-0.2, 0) is 0 Å². The topological polar surface area (TPSA) is 12.9 Å². The van der Waals surface area contributed by atoms with Gasteiger partial charge >= 0.3 is 0 Å². The van der Waals surface area contributed by atoms with E-state index in [1.54, 1.807) is 11.8 Å². The van der Waals surface area contributed by atoms with Crippen LogP contribution >= 0.6 is 23.4 Å². The minimum absolute atomic E-state index is 0.523. The summed E-state index contributed by atoms with van der Waals surface area (Å²) in [6.07, 6.45) is 0. The number of pyridine rings is 1. The fourth-order valence-electron chi connectivity index (χ4n) is 1.62. The highest BCUT2D eigenvalue weighted by Crippen LogP contribution is 2.26. The van der Waals surface area contributed by atoms with Crippen LogP contribution in [0.15, 0.2) is 35.4 Å². The molecule has 0 aliphatic heterocycles. The number of fused-ring (bicyclic) bond motifs is 1. The molecule has 2 rings (SSSR count). The maximum atomic E-state index is 5.82. The van der Waals surface area contributed by atoms with Crippen molar-refractivity contribution in [2.75, 3.05) is 11.6 Å². The fourth-order valence-corrected chi connectivity index (χ4v) is 2.86. The van der Waals surface area contributed by atoms with Gasteiger partial charge in [-0.15, -0.1) is 23.4 Å². The number of benzene rings is 1. The lowest BCUT2D eigenvalue weighted by Crippen LogP contribution is -2.00. The van der Waals surface area contributed by atoms with Gasteiger partial charge in [-0.1, -0.05) is 25.1 Å². The van der Waals surface area contributed by atoms with Gasteiger partial charge in [0.25, 0.3) is 0 Å². The summed E-state index contributed by atoms with van der Waals surface area (Å²) in [5.41, 5.74) is 2.31. The van der Waals surface area contributed by atoms with Gasteiger partial charge in [0.05, 0.1) is 10.5 Å². The molecule has 0 amide bonds. The maximum absolute atomic E-state index is 5.82. The van der Waals surface area contributed by atoms with Crippen molar-refractivity contribution >= 4 is 34.3 Å². The molecule has 90 valence electrons. The summed E-state index contributed by atoms with van der Waals surface area (Å²) in [6, 6.07) is 10.4. The molecule has 0 aliphatic carbocycles. The maximum Gasteiger partial charge on any atom is 0.0996 e. The number of halogens is 1. The van der Waals surface area contributed by atoms with Crippen molar-refractivity contribution in [1.29, 1.82) is 0 Å². The van der Waals surface area contributed by atoms with Gasteiger partial charge in [-0.2, -0.15) is 0 Å². The van der Waals surface area contributed by atoms with E-state index in [-0.39, 0.29) is 0 Å². The minimum Gasteiger partial charge on any atom is -0.241 e. The SMILES string of the molecule is Cc1cc2ccccc2nc1SCC(C)CCl. The smallest absolute Gasteiger partial charge is 0.0996 e. The molecule has 0 saturated heterocycles. The summed E-state index contributed by atoms with van der Waals surface area (Å²) >= 11 is 7.62. The number of thioether (sulfide) groups is 1. The molecule has 0 saturated carbocycles. The zero-order chi connectivity index (χ0) is 12.3. The van der Waals surface area contributed by atoms with Crippen molar-refractivity contribution in [2.24, 2.45) is 5.92 Å². The number of alkyl halides is 1. The first kappa shape index (κ1) is 12.7. The van der Waals surface area contributed by atoms with Gasteiger partial charge < -0.3 is 0 Å². The molecule has 0 radical (unpaired) electrons. The number of aromatic nitrogens is 1. The van der Waals surface area contributed by atoms with E-state index < -0.39 is 0 Å². The van der Waals surface area contributed by atoms with Crippen LogP contribution in [0.4, 0.5) is 0 Å². The van der Waals surface area contributed by atoms with Crippen molar-refractivity contribution in [1.82, 2.24) is 4.98 Å². The number of hydrogen-bond donors (Lipinski definition) is 0. The van der Waals surface area contributed by atoms with E-state index in [1.165, 1.54) is 10.9 Å². The second kappa shape index (κ2) is 5.74. The number of hydrogen-bond acceptors (Lipinski definition) is 2. The number of rotatable bonds is 4. The highest BCUT2D eigenvalue weighted by molar-refractivity contribution is 7.99. The Morgan fingerprint density at radius 1 is 1.35 bits per heavy atom. The van der Waals surface area contributed by atoms with Crippen LogP contribution < -0.4 is 0 Å². The lowest BCUT2D eigenvalue weighted by molar-refractivity contribution is 0.758. The third kappa shape index (κ3) is 3.14. The highest BCUT2D eigenvalue weighted by atomic mass is 35.5. The first-order valence-corrected chi connectivity index (χ1v) is 7.28. The Hall–Kier alpha value is -0.730. The molecule has 1 nitrogen and oxygen atoms in total. The van der Waals surface area contributed by atoms with E-state index in [0.717, 1.165) is 16.3 Å². The van der Waals surface area contributed by atoms with Crippen LogP contribution in [0.3, 0.4) is 0 Å². The molecule has 0 aliphatic rings. The van der Waals surface area contributed by atoms with Gasteiger partial charge in [0.1, 0.15) is 0 Å². The number of aryl methyl sites for hydroxylation is 1. The third-order valence-corrected chi connectivity index (χ3v) is 4.59. The van der Waals surface area contributed by atoms with E-state index in [4.69, 9.17) is 16.6 Å². The summed E-state index contributed by atoms with van der Waals surface area (Å²) in [6.45, 7) is 4.28. The predicted octanol–water partition coefficient (Wildman–Crippen LogP) is 4.51. The largest absolute Gasteiger partial charge is 0.241 e. The molecule has 2 aromatic rings. The third-order valence-electron chi connectivity index (χ3n) is 2.64. The Morgan fingerprint density at radius 3 is 2.88 bits per heavy atom. The van der Waals surface area contributed by atoms with Crippen LogP contribution in [0.5, 0.6) is 0 Å². The first-order chi connectivity index (χ1) is 8.20. The molecule has 0 N–H and O–H groups in total. The fraction of sp³-hybridized carbons (Fsp3) is 0.357. The number of nitrogens with zero attached hydrogens (tertiary/aromatic N) is 1. The quantitative estimate of drug-likeness (QED) is 0.596. The molecular formula is C14H16ClNS. The van der Waals surface area contributed by atoms with Crippen LogP contribution in [0.2, 0.25) is 0 Å². The molecule has 0 bridgehead atoms. The normalized spacial score (nSPS) is 12.9.